The highest BCUT2D eigenvalue weighted by molar-refractivity contribution is 5.79. The number of aromatic amines is 1. The minimum atomic E-state index is -4.36. The van der Waals surface area contributed by atoms with E-state index >= 15 is 0 Å². The summed E-state index contributed by atoms with van der Waals surface area (Å²) >= 11 is 0. The first-order valence-corrected chi connectivity index (χ1v) is 7.98. The maximum atomic E-state index is 12.5. The molecule has 1 saturated heterocycles. The van der Waals surface area contributed by atoms with Crippen molar-refractivity contribution in [3.63, 3.8) is 0 Å². The van der Waals surface area contributed by atoms with Gasteiger partial charge in [-0.25, -0.2) is 0 Å². The Morgan fingerprint density at radius 2 is 2.08 bits per heavy atom. The molecule has 0 spiro atoms. The van der Waals surface area contributed by atoms with Gasteiger partial charge in [0.15, 0.2) is 0 Å². The first-order chi connectivity index (χ1) is 11.8. The molecular formula is C17H19F3N4O. The first kappa shape index (κ1) is 17.5. The van der Waals surface area contributed by atoms with Crippen LogP contribution in [-0.2, 0) is 11.3 Å². The summed E-state index contributed by atoms with van der Waals surface area (Å²) < 4.78 is 37.4. The molecule has 1 aliphatic heterocycles. The second-order valence-corrected chi connectivity index (χ2v) is 6.28. The molecule has 0 atom stereocenters. The minimum absolute atomic E-state index is 0.0193. The van der Waals surface area contributed by atoms with Crippen LogP contribution in [0.1, 0.15) is 11.1 Å². The number of amides is 1. The number of alkyl halides is 3. The molecule has 2 aromatic rings. The van der Waals surface area contributed by atoms with Crippen molar-refractivity contribution in [1.29, 1.82) is 0 Å². The summed E-state index contributed by atoms with van der Waals surface area (Å²) in [4.78, 5) is 14.7. The van der Waals surface area contributed by atoms with Gasteiger partial charge in [-0.1, -0.05) is 23.8 Å². The van der Waals surface area contributed by atoms with Crippen LogP contribution in [0, 0.1) is 6.92 Å². The van der Waals surface area contributed by atoms with Crippen LogP contribution in [0.2, 0.25) is 0 Å². The smallest absolute Gasteiger partial charge is 0.331 e. The number of carbonyl (C=O) groups excluding carboxylic acids is 1. The quantitative estimate of drug-likeness (QED) is 0.920. The number of carbonyl (C=O) groups is 1. The highest BCUT2D eigenvalue weighted by Crippen LogP contribution is 2.24. The molecule has 2 heterocycles. The fourth-order valence-corrected chi connectivity index (χ4v) is 3.00. The summed E-state index contributed by atoms with van der Waals surface area (Å²) in [5.74, 6) is -0.496. The van der Waals surface area contributed by atoms with E-state index in [2.05, 4.69) is 10.2 Å². The van der Waals surface area contributed by atoms with Crippen LogP contribution in [0.4, 0.5) is 13.2 Å². The SMILES string of the molecule is Cc1cccc(-c2[nH]ncc2CN2CCN(CC(F)(F)F)C(=O)C2)c1. The van der Waals surface area contributed by atoms with Gasteiger partial charge in [0.1, 0.15) is 6.54 Å². The molecule has 0 bridgehead atoms. The molecule has 0 unspecified atom stereocenters. The second kappa shape index (κ2) is 6.87. The van der Waals surface area contributed by atoms with Gasteiger partial charge in [0, 0.05) is 30.8 Å². The third-order valence-corrected chi connectivity index (χ3v) is 4.19. The summed E-state index contributed by atoms with van der Waals surface area (Å²) in [6, 6.07) is 7.95. The lowest BCUT2D eigenvalue weighted by atomic mass is 10.1. The van der Waals surface area contributed by atoms with Crippen molar-refractivity contribution >= 4 is 5.91 Å². The van der Waals surface area contributed by atoms with E-state index < -0.39 is 18.6 Å². The van der Waals surface area contributed by atoms with Gasteiger partial charge in [-0.3, -0.25) is 14.8 Å². The molecule has 1 aliphatic rings. The maximum absolute atomic E-state index is 12.5. The monoisotopic (exact) mass is 352 g/mol. The number of rotatable bonds is 4. The van der Waals surface area contributed by atoms with Gasteiger partial charge in [-0.05, 0) is 13.0 Å². The van der Waals surface area contributed by atoms with Crippen molar-refractivity contribution in [2.75, 3.05) is 26.2 Å². The van der Waals surface area contributed by atoms with Gasteiger partial charge in [0.25, 0.3) is 0 Å². The average Bonchev–Trinajstić information content (AvgIpc) is 2.97. The predicted molar refractivity (Wildman–Crippen MR) is 86.7 cm³/mol. The van der Waals surface area contributed by atoms with E-state index in [1.54, 1.807) is 6.20 Å². The van der Waals surface area contributed by atoms with Gasteiger partial charge < -0.3 is 4.90 Å². The van der Waals surface area contributed by atoms with E-state index in [9.17, 15) is 18.0 Å². The molecule has 0 saturated carbocycles. The zero-order valence-corrected chi connectivity index (χ0v) is 13.8. The topological polar surface area (TPSA) is 52.2 Å². The number of hydrogen-bond acceptors (Lipinski definition) is 3. The van der Waals surface area contributed by atoms with Gasteiger partial charge in [0.05, 0.1) is 18.4 Å². The third-order valence-electron chi connectivity index (χ3n) is 4.19. The summed E-state index contributed by atoms with van der Waals surface area (Å²) in [6.07, 6.45) is -2.66. The molecule has 0 radical (unpaired) electrons. The summed E-state index contributed by atoms with van der Waals surface area (Å²) in [5.41, 5.74) is 3.90. The highest BCUT2D eigenvalue weighted by atomic mass is 19.4. The summed E-state index contributed by atoms with van der Waals surface area (Å²) in [7, 11) is 0. The highest BCUT2D eigenvalue weighted by Gasteiger charge is 2.35. The van der Waals surface area contributed by atoms with E-state index in [0.29, 0.717) is 13.1 Å². The Labute approximate surface area is 143 Å². The summed E-state index contributed by atoms with van der Waals surface area (Å²) in [6.45, 7) is 1.74. The predicted octanol–water partition coefficient (Wildman–Crippen LogP) is 2.59. The zero-order chi connectivity index (χ0) is 18.0. The second-order valence-electron chi connectivity index (χ2n) is 6.28. The number of nitrogens with zero attached hydrogens (tertiary/aromatic N) is 3. The molecule has 1 aromatic heterocycles. The molecule has 1 amide bonds. The summed E-state index contributed by atoms with van der Waals surface area (Å²) in [5, 5.41) is 7.05. The van der Waals surface area contributed by atoms with Crippen molar-refractivity contribution in [2.45, 2.75) is 19.6 Å². The van der Waals surface area contributed by atoms with E-state index in [1.807, 2.05) is 36.1 Å². The Balaban J connectivity index is 1.67. The van der Waals surface area contributed by atoms with Crippen molar-refractivity contribution in [3.8, 4) is 11.3 Å². The van der Waals surface area contributed by atoms with Gasteiger partial charge >= 0.3 is 6.18 Å². The van der Waals surface area contributed by atoms with E-state index in [0.717, 1.165) is 27.3 Å². The minimum Gasteiger partial charge on any atom is -0.331 e. The average molecular weight is 352 g/mol. The number of piperazine rings is 1. The third kappa shape index (κ3) is 4.39. The molecule has 1 fully saturated rings. The van der Waals surface area contributed by atoms with Crippen LogP contribution in [0.25, 0.3) is 11.3 Å². The molecule has 3 rings (SSSR count). The molecule has 25 heavy (non-hydrogen) atoms. The fraction of sp³-hybridized carbons (Fsp3) is 0.412. The van der Waals surface area contributed by atoms with Crippen molar-refractivity contribution in [2.24, 2.45) is 0 Å². The fourth-order valence-electron chi connectivity index (χ4n) is 3.00. The lowest BCUT2D eigenvalue weighted by Crippen LogP contribution is -2.52. The molecular weight excluding hydrogens is 333 g/mol. The number of nitrogens with one attached hydrogen (secondary N) is 1. The van der Waals surface area contributed by atoms with Gasteiger partial charge in [-0.2, -0.15) is 18.3 Å². The van der Waals surface area contributed by atoms with Crippen molar-refractivity contribution in [3.05, 3.63) is 41.6 Å². The van der Waals surface area contributed by atoms with Gasteiger partial charge in [0.2, 0.25) is 5.91 Å². The number of hydrogen-bond donors (Lipinski definition) is 1. The van der Waals surface area contributed by atoms with E-state index in [1.165, 1.54) is 0 Å². The Morgan fingerprint density at radius 3 is 2.76 bits per heavy atom. The molecule has 134 valence electrons. The van der Waals surface area contributed by atoms with Crippen molar-refractivity contribution in [1.82, 2.24) is 20.0 Å². The Hall–Kier alpha value is -2.35. The maximum Gasteiger partial charge on any atom is 0.406 e. The van der Waals surface area contributed by atoms with Crippen LogP contribution < -0.4 is 0 Å². The molecule has 1 N–H and O–H groups in total. The van der Waals surface area contributed by atoms with Crippen LogP contribution in [0.3, 0.4) is 0 Å². The number of aryl methyl sites for hydroxylation is 1. The standard InChI is InChI=1S/C17H19F3N4O/c1-12-3-2-4-13(7-12)16-14(8-21-22-16)9-23-5-6-24(15(25)10-23)11-17(18,19)20/h2-4,7-8H,5-6,9-11H2,1H3,(H,21,22). The van der Waals surface area contributed by atoms with E-state index in [4.69, 9.17) is 0 Å². The number of aromatic nitrogens is 2. The van der Waals surface area contributed by atoms with Crippen LogP contribution in [-0.4, -0.2) is 58.3 Å². The normalized spacial score (nSPS) is 16.5. The molecule has 0 aliphatic carbocycles. The largest absolute Gasteiger partial charge is 0.406 e. The van der Waals surface area contributed by atoms with Gasteiger partial charge in [-0.15, -0.1) is 0 Å². The molecule has 1 aromatic carbocycles. The lowest BCUT2D eigenvalue weighted by molar-refractivity contribution is -0.165. The lowest BCUT2D eigenvalue weighted by Gasteiger charge is -2.34. The van der Waals surface area contributed by atoms with E-state index in [-0.39, 0.29) is 13.1 Å². The Morgan fingerprint density at radius 1 is 1.28 bits per heavy atom. The first-order valence-electron chi connectivity index (χ1n) is 7.98. The number of benzene rings is 1. The zero-order valence-electron chi connectivity index (χ0n) is 13.8. The number of H-pyrrole nitrogens is 1. The van der Waals surface area contributed by atoms with Crippen LogP contribution in [0.15, 0.2) is 30.5 Å². The Bertz CT molecular complexity index is 756. The Kier molecular flexibility index (Phi) is 4.80. The van der Waals surface area contributed by atoms with Crippen LogP contribution >= 0.6 is 0 Å². The van der Waals surface area contributed by atoms with Crippen LogP contribution in [0.5, 0.6) is 0 Å². The number of halogens is 3. The molecule has 5 nitrogen and oxygen atoms in total. The van der Waals surface area contributed by atoms with Crippen molar-refractivity contribution < 1.29 is 18.0 Å². The molecule has 8 heteroatoms.